The highest BCUT2D eigenvalue weighted by molar-refractivity contribution is 5.83. The van der Waals surface area contributed by atoms with E-state index in [9.17, 15) is 14.4 Å². The molecule has 0 bridgehead atoms. The van der Waals surface area contributed by atoms with Crippen molar-refractivity contribution in [2.75, 3.05) is 0 Å². The maximum absolute atomic E-state index is 12.2. The van der Waals surface area contributed by atoms with Crippen LogP contribution in [-0.2, 0) is 16.1 Å². The zero-order valence-corrected chi connectivity index (χ0v) is 12.0. The molecule has 2 aromatic rings. The van der Waals surface area contributed by atoms with E-state index in [0.29, 0.717) is 10.9 Å². The van der Waals surface area contributed by atoms with Crippen LogP contribution in [-0.4, -0.2) is 38.0 Å². The number of aryl methyl sites for hydroxylation is 1. The topological polar surface area (TPSA) is 114 Å². The summed E-state index contributed by atoms with van der Waals surface area (Å²) in [7, 11) is 0. The molecule has 1 aromatic carbocycles. The molecule has 0 aliphatic heterocycles. The van der Waals surface area contributed by atoms with E-state index in [0.717, 1.165) is 4.68 Å². The number of benzene rings is 1. The van der Waals surface area contributed by atoms with Gasteiger partial charge in [0.25, 0.3) is 5.56 Å². The molecular weight excluding hydrogens is 288 g/mol. The Morgan fingerprint density at radius 3 is 2.77 bits per heavy atom. The maximum Gasteiger partial charge on any atom is 0.326 e. The Morgan fingerprint density at radius 2 is 2.09 bits per heavy atom. The van der Waals surface area contributed by atoms with Gasteiger partial charge in [0.2, 0.25) is 5.91 Å². The molecular formula is C14H16N4O4. The van der Waals surface area contributed by atoms with Gasteiger partial charge in [0.1, 0.15) is 11.6 Å². The molecule has 22 heavy (non-hydrogen) atoms. The highest BCUT2D eigenvalue weighted by atomic mass is 16.4. The first-order valence-electron chi connectivity index (χ1n) is 6.87. The standard InChI is InChI=1S/C14H16N4O4/c1-2-10(14(21)22)15-12(19)7-8-18-13(20)9-5-3-4-6-11(9)16-17-18/h3-6,10H,2,7-8H2,1H3,(H,15,19)(H,21,22)/t10-/m1/s1. The van der Waals surface area contributed by atoms with Crippen LogP contribution in [0.15, 0.2) is 29.1 Å². The van der Waals surface area contributed by atoms with Gasteiger partial charge >= 0.3 is 5.97 Å². The molecule has 1 heterocycles. The van der Waals surface area contributed by atoms with Crippen molar-refractivity contribution in [2.24, 2.45) is 0 Å². The van der Waals surface area contributed by atoms with Crippen LogP contribution in [0.1, 0.15) is 19.8 Å². The third-order valence-corrected chi connectivity index (χ3v) is 3.22. The molecule has 0 saturated heterocycles. The minimum absolute atomic E-state index is 0.0402. The van der Waals surface area contributed by atoms with Gasteiger partial charge in [-0.1, -0.05) is 24.3 Å². The second kappa shape index (κ2) is 6.79. The lowest BCUT2D eigenvalue weighted by atomic mass is 10.2. The van der Waals surface area contributed by atoms with E-state index >= 15 is 0 Å². The van der Waals surface area contributed by atoms with Gasteiger partial charge in [-0.3, -0.25) is 9.59 Å². The number of carboxylic acid groups (broad SMARTS) is 1. The number of carboxylic acids is 1. The second-order valence-corrected chi connectivity index (χ2v) is 4.75. The molecule has 1 amide bonds. The molecule has 0 radical (unpaired) electrons. The van der Waals surface area contributed by atoms with Crippen LogP contribution in [0.25, 0.3) is 10.9 Å². The van der Waals surface area contributed by atoms with E-state index in [1.54, 1.807) is 31.2 Å². The Labute approximate surface area is 125 Å². The number of nitrogens with one attached hydrogen (secondary N) is 1. The highest BCUT2D eigenvalue weighted by Gasteiger charge is 2.17. The number of hydrogen-bond acceptors (Lipinski definition) is 5. The lowest BCUT2D eigenvalue weighted by Gasteiger charge is -2.12. The molecule has 0 aliphatic carbocycles. The van der Waals surface area contributed by atoms with E-state index in [4.69, 9.17) is 5.11 Å². The Morgan fingerprint density at radius 1 is 1.36 bits per heavy atom. The molecule has 1 atom stereocenters. The van der Waals surface area contributed by atoms with Gasteiger partial charge in [-0.15, -0.1) is 5.10 Å². The number of fused-ring (bicyclic) bond motifs is 1. The Balaban J connectivity index is 2.06. The Hall–Kier alpha value is -2.77. The Bertz CT molecular complexity index is 756. The van der Waals surface area contributed by atoms with E-state index in [1.165, 1.54) is 0 Å². The van der Waals surface area contributed by atoms with Gasteiger partial charge in [-0.2, -0.15) is 0 Å². The average Bonchev–Trinajstić information content (AvgIpc) is 2.52. The number of carbonyl (C=O) groups excluding carboxylic acids is 1. The third-order valence-electron chi connectivity index (χ3n) is 3.22. The number of hydrogen-bond donors (Lipinski definition) is 2. The van der Waals surface area contributed by atoms with Gasteiger partial charge in [0.05, 0.1) is 11.9 Å². The first kappa shape index (κ1) is 15.6. The quantitative estimate of drug-likeness (QED) is 0.785. The molecule has 0 aliphatic rings. The number of nitrogens with zero attached hydrogens (tertiary/aromatic N) is 3. The summed E-state index contributed by atoms with van der Waals surface area (Å²) in [5.74, 6) is -1.53. The third kappa shape index (κ3) is 3.46. The summed E-state index contributed by atoms with van der Waals surface area (Å²) in [5, 5.41) is 19.4. The predicted octanol–water partition coefficient (Wildman–Crippen LogP) is 0.161. The van der Waals surface area contributed by atoms with Crippen LogP contribution in [0, 0.1) is 0 Å². The van der Waals surface area contributed by atoms with Crippen molar-refractivity contribution < 1.29 is 14.7 Å². The lowest BCUT2D eigenvalue weighted by Crippen LogP contribution is -2.41. The van der Waals surface area contributed by atoms with Crippen molar-refractivity contribution in [1.29, 1.82) is 0 Å². The van der Waals surface area contributed by atoms with Crippen LogP contribution in [0.5, 0.6) is 0 Å². The first-order chi connectivity index (χ1) is 10.5. The number of rotatable bonds is 6. The summed E-state index contributed by atoms with van der Waals surface area (Å²) in [4.78, 5) is 34.7. The molecule has 2 N–H and O–H groups in total. The van der Waals surface area contributed by atoms with Gasteiger partial charge < -0.3 is 10.4 Å². The summed E-state index contributed by atoms with van der Waals surface area (Å²) in [5.41, 5.74) is 0.161. The zero-order chi connectivity index (χ0) is 16.1. The van der Waals surface area contributed by atoms with Crippen LogP contribution < -0.4 is 10.9 Å². The summed E-state index contributed by atoms with van der Waals surface area (Å²) in [6.07, 6.45) is 0.244. The fourth-order valence-electron chi connectivity index (χ4n) is 1.98. The van der Waals surface area contributed by atoms with Crippen LogP contribution in [0.2, 0.25) is 0 Å². The molecule has 116 valence electrons. The van der Waals surface area contributed by atoms with E-state index < -0.39 is 17.9 Å². The minimum atomic E-state index is -1.08. The predicted molar refractivity (Wildman–Crippen MR) is 78.3 cm³/mol. The smallest absolute Gasteiger partial charge is 0.326 e. The summed E-state index contributed by atoms with van der Waals surface area (Å²) >= 11 is 0. The van der Waals surface area contributed by atoms with Gasteiger partial charge in [-0.05, 0) is 18.6 Å². The van der Waals surface area contributed by atoms with E-state index in [2.05, 4.69) is 15.6 Å². The Kier molecular flexibility index (Phi) is 4.82. The van der Waals surface area contributed by atoms with Crippen LogP contribution >= 0.6 is 0 Å². The molecule has 0 fully saturated rings. The van der Waals surface area contributed by atoms with Crippen molar-refractivity contribution >= 4 is 22.8 Å². The number of aliphatic carboxylic acids is 1. The van der Waals surface area contributed by atoms with Gasteiger partial charge in [0, 0.05) is 6.42 Å². The zero-order valence-electron chi connectivity index (χ0n) is 12.0. The largest absolute Gasteiger partial charge is 0.480 e. The first-order valence-corrected chi connectivity index (χ1v) is 6.87. The molecule has 0 unspecified atom stereocenters. The van der Waals surface area contributed by atoms with Crippen molar-refractivity contribution in [1.82, 2.24) is 20.3 Å². The van der Waals surface area contributed by atoms with Crippen molar-refractivity contribution in [3.05, 3.63) is 34.6 Å². The molecule has 8 nitrogen and oxygen atoms in total. The van der Waals surface area contributed by atoms with Crippen molar-refractivity contribution in [3.63, 3.8) is 0 Å². The monoisotopic (exact) mass is 304 g/mol. The van der Waals surface area contributed by atoms with Gasteiger partial charge in [0.15, 0.2) is 0 Å². The van der Waals surface area contributed by atoms with Crippen molar-refractivity contribution in [3.8, 4) is 0 Å². The molecule has 8 heteroatoms. The van der Waals surface area contributed by atoms with Crippen LogP contribution in [0.3, 0.4) is 0 Å². The SMILES string of the molecule is CC[C@@H](NC(=O)CCn1nnc2ccccc2c1=O)C(=O)O. The van der Waals surface area contributed by atoms with Crippen molar-refractivity contribution in [2.45, 2.75) is 32.4 Å². The lowest BCUT2D eigenvalue weighted by molar-refractivity contribution is -0.141. The maximum atomic E-state index is 12.2. The fourth-order valence-corrected chi connectivity index (χ4v) is 1.98. The number of amides is 1. The number of carbonyl (C=O) groups is 2. The second-order valence-electron chi connectivity index (χ2n) is 4.75. The summed E-state index contributed by atoms with van der Waals surface area (Å²) in [6.45, 7) is 1.71. The molecule has 1 aromatic heterocycles. The van der Waals surface area contributed by atoms with Gasteiger partial charge in [-0.25, -0.2) is 9.48 Å². The normalized spacial score (nSPS) is 12.0. The molecule has 0 saturated carbocycles. The number of aromatic nitrogens is 3. The molecule has 0 spiro atoms. The highest BCUT2D eigenvalue weighted by Crippen LogP contribution is 2.03. The average molecular weight is 304 g/mol. The molecule has 2 rings (SSSR count). The summed E-state index contributed by atoms with van der Waals surface area (Å²) in [6, 6.07) is 5.87. The van der Waals surface area contributed by atoms with E-state index in [-0.39, 0.29) is 24.9 Å². The van der Waals surface area contributed by atoms with Crippen LogP contribution in [0.4, 0.5) is 0 Å². The van der Waals surface area contributed by atoms with E-state index in [1.807, 2.05) is 0 Å². The summed E-state index contributed by atoms with van der Waals surface area (Å²) < 4.78 is 1.10. The minimum Gasteiger partial charge on any atom is -0.480 e. The fraction of sp³-hybridized carbons (Fsp3) is 0.357.